The number of aliphatic carboxylic acids is 1. The van der Waals surface area contributed by atoms with Crippen molar-refractivity contribution in [3.63, 3.8) is 0 Å². The fraction of sp³-hybridized carbons (Fsp3) is 0.778. The molecule has 0 heterocycles. The maximum absolute atomic E-state index is 10.9. The Labute approximate surface area is 83.4 Å². The van der Waals surface area contributed by atoms with E-state index in [9.17, 15) is 9.59 Å². The molecule has 0 aromatic rings. The lowest BCUT2D eigenvalue weighted by Crippen LogP contribution is -2.32. The number of hydrogen-bond donors (Lipinski definition) is 2. The second-order valence-corrected chi connectivity index (χ2v) is 2.93. The number of unbranched alkanes of at least 4 members (excludes halogenated alkanes) is 2. The summed E-state index contributed by atoms with van der Waals surface area (Å²) in [6.07, 6.45) is 3.12. The number of carbonyl (C=O) groups is 2. The van der Waals surface area contributed by atoms with Crippen molar-refractivity contribution in [3.8, 4) is 0 Å². The van der Waals surface area contributed by atoms with Crippen LogP contribution in [0.3, 0.4) is 0 Å². The van der Waals surface area contributed by atoms with Gasteiger partial charge in [0, 0.05) is 6.61 Å². The van der Waals surface area contributed by atoms with Gasteiger partial charge >= 0.3 is 5.97 Å². The van der Waals surface area contributed by atoms with Gasteiger partial charge in [0.25, 0.3) is 0 Å². The van der Waals surface area contributed by atoms with Crippen LogP contribution in [0.25, 0.3) is 0 Å². The monoisotopic (exact) mass is 203 g/mol. The van der Waals surface area contributed by atoms with Crippen LogP contribution in [0, 0.1) is 0 Å². The Balaban J connectivity index is 3.22. The second kappa shape index (κ2) is 8.50. The van der Waals surface area contributed by atoms with E-state index in [0.717, 1.165) is 19.3 Å². The van der Waals surface area contributed by atoms with Crippen molar-refractivity contribution < 1.29 is 19.4 Å². The van der Waals surface area contributed by atoms with Gasteiger partial charge < -0.3 is 15.2 Å². The molecule has 0 aliphatic rings. The molecule has 0 saturated carbocycles. The van der Waals surface area contributed by atoms with Gasteiger partial charge in [0.05, 0.1) is 0 Å². The fourth-order valence-electron chi connectivity index (χ4n) is 0.844. The van der Waals surface area contributed by atoms with Crippen LogP contribution in [0.4, 0.5) is 0 Å². The van der Waals surface area contributed by atoms with E-state index >= 15 is 0 Å². The molecule has 0 atom stereocenters. The first kappa shape index (κ1) is 12.9. The van der Waals surface area contributed by atoms with E-state index in [1.165, 1.54) is 0 Å². The molecule has 1 amide bonds. The highest BCUT2D eigenvalue weighted by molar-refractivity contribution is 5.81. The van der Waals surface area contributed by atoms with Crippen molar-refractivity contribution >= 4 is 11.9 Å². The molecule has 0 aromatic heterocycles. The third-order valence-corrected chi connectivity index (χ3v) is 1.56. The van der Waals surface area contributed by atoms with Crippen LogP contribution in [0.5, 0.6) is 0 Å². The SMILES string of the molecule is CCCCCOCC(=O)NCC(=O)O. The molecule has 0 unspecified atom stereocenters. The predicted molar refractivity (Wildman–Crippen MR) is 51.0 cm³/mol. The van der Waals surface area contributed by atoms with Crippen molar-refractivity contribution in [1.82, 2.24) is 5.32 Å². The first-order valence-electron chi connectivity index (χ1n) is 4.73. The molecule has 0 radical (unpaired) electrons. The number of ether oxygens (including phenoxy) is 1. The van der Waals surface area contributed by atoms with Gasteiger partial charge in [0.1, 0.15) is 13.2 Å². The van der Waals surface area contributed by atoms with E-state index in [-0.39, 0.29) is 19.1 Å². The lowest BCUT2D eigenvalue weighted by Gasteiger charge is -2.03. The molecular weight excluding hydrogens is 186 g/mol. The minimum Gasteiger partial charge on any atom is -0.480 e. The predicted octanol–water partition coefficient (Wildman–Crippen LogP) is 0.394. The molecule has 0 bridgehead atoms. The molecule has 0 saturated heterocycles. The van der Waals surface area contributed by atoms with E-state index in [2.05, 4.69) is 12.2 Å². The smallest absolute Gasteiger partial charge is 0.322 e. The van der Waals surface area contributed by atoms with Crippen molar-refractivity contribution in [1.29, 1.82) is 0 Å². The number of carboxylic acids is 1. The highest BCUT2D eigenvalue weighted by atomic mass is 16.5. The maximum atomic E-state index is 10.9. The Morgan fingerprint density at radius 2 is 2.07 bits per heavy atom. The lowest BCUT2D eigenvalue weighted by molar-refractivity contribution is -0.138. The standard InChI is InChI=1S/C9H17NO4/c1-2-3-4-5-14-7-8(11)10-6-9(12)13/h2-7H2,1H3,(H,10,11)(H,12,13). The molecule has 0 rings (SSSR count). The molecule has 14 heavy (non-hydrogen) atoms. The highest BCUT2D eigenvalue weighted by Gasteiger charge is 2.02. The summed E-state index contributed by atoms with van der Waals surface area (Å²) in [5, 5.41) is 10.5. The molecule has 2 N–H and O–H groups in total. The minimum atomic E-state index is -1.05. The highest BCUT2D eigenvalue weighted by Crippen LogP contribution is 1.93. The molecule has 82 valence electrons. The number of carbonyl (C=O) groups excluding carboxylic acids is 1. The normalized spacial score (nSPS) is 9.79. The quantitative estimate of drug-likeness (QED) is 0.560. The molecule has 0 fully saturated rings. The minimum absolute atomic E-state index is 0.0585. The Morgan fingerprint density at radius 3 is 2.64 bits per heavy atom. The van der Waals surface area contributed by atoms with E-state index in [0.29, 0.717) is 6.61 Å². The second-order valence-electron chi connectivity index (χ2n) is 2.93. The van der Waals surface area contributed by atoms with Crippen LogP contribution in [-0.4, -0.2) is 36.7 Å². The molecule has 5 nitrogen and oxygen atoms in total. The Kier molecular flexibility index (Phi) is 7.83. The number of nitrogens with one attached hydrogen (secondary N) is 1. The molecule has 0 aliphatic heterocycles. The average Bonchev–Trinajstić information content (AvgIpc) is 2.14. The zero-order valence-electron chi connectivity index (χ0n) is 8.41. The summed E-state index contributed by atoms with van der Waals surface area (Å²) in [7, 11) is 0. The summed E-state index contributed by atoms with van der Waals surface area (Å²) in [6.45, 7) is 2.22. The fourth-order valence-corrected chi connectivity index (χ4v) is 0.844. The molecular formula is C9H17NO4. The van der Waals surface area contributed by atoms with Crippen molar-refractivity contribution in [2.75, 3.05) is 19.8 Å². The van der Waals surface area contributed by atoms with Gasteiger partial charge in [-0.2, -0.15) is 0 Å². The summed E-state index contributed by atoms with van der Waals surface area (Å²) in [5.41, 5.74) is 0. The van der Waals surface area contributed by atoms with Crippen LogP contribution in [0.2, 0.25) is 0 Å². The van der Waals surface area contributed by atoms with Gasteiger partial charge in [-0.25, -0.2) is 0 Å². The van der Waals surface area contributed by atoms with E-state index in [1.807, 2.05) is 0 Å². The third kappa shape index (κ3) is 8.99. The van der Waals surface area contributed by atoms with Crippen LogP contribution < -0.4 is 5.32 Å². The summed E-state index contributed by atoms with van der Waals surface area (Å²) in [6, 6.07) is 0. The van der Waals surface area contributed by atoms with Crippen molar-refractivity contribution in [3.05, 3.63) is 0 Å². The topological polar surface area (TPSA) is 75.6 Å². The molecule has 0 spiro atoms. The summed E-state index contributed by atoms with van der Waals surface area (Å²) in [4.78, 5) is 20.9. The molecule has 5 heteroatoms. The zero-order valence-corrected chi connectivity index (χ0v) is 8.41. The van der Waals surface area contributed by atoms with Crippen LogP contribution in [0.1, 0.15) is 26.2 Å². The Hall–Kier alpha value is -1.10. The molecule has 0 aromatic carbocycles. The summed E-state index contributed by atoms with van der Waals surface area (Å²) >= 11 is 0. The summed E-state index contributed by atoms with van der Waals surface area (Å²) in [5.74, 6) is -1.44. The van der Waals surface area contributed by atoms with Crippen molar-refractivity contribution in [2.45, 2.75) is 26.2 Å². The van der Waals surface area contributed by atoms with E-state index in [1.54, 1.807) is 0 Å². The first-order valence-corrected chi connectivity index (χ1v) is 4.73. The Morgan fingerprint density at radius 1 is 1.36 bits per heavy atom. The number of rotatable bonds is 8. The summed E-state index contributed by atoms with van der Waals surface area (Å²) < 4.78 is 5.02. The largest absolute Gasteiger partial charge is 0.480 e. The first-order chi connectivity index (χ1) is 6.66. The van der Waals surface area contributed by atoms with Gasteiger partial charge in [-0.3, -0.25) is 9.59 Å². The number of carboxylic acid groups (broad SMARTS) is 1. The van der Waals surface area contributed by atoms with Crippen LogP contribution in [-0.2, 0) is 14.3 Å². The maximum Gasteiger partial charge on any atom is 0.322 e. The van der Waals surface area contributed by atoms with Gasteiger partial charge in [-0.05, 0) is 6.42 Å². The third-order valence-electron chi connectivity index (χ3n) is 1.56. The number of amides is 1. The van der Waals surface area contributed by atoms with Gasteiger partial charge in [0.15, 0.2) is 0 Å². The van der Waals surface area contributed by atoms with E-state index in [4.69, 9.17) is 9.84 Å². The van der Waals surface area contributed by atoms with Crippen molar-refractivity contribution in [2.24, 2.45) is 0 Å². The average molecular weight is 203 g/mol. The van der Waals surface area contributed by atoms with Crippen LogP contribution in [0.15, 0.2) is 0 Å². The lowest BCUT2D eigenvalue weighted by atomic mass is 10.3. The Bertz CT molecular complexity index is 182. The zero-order chi connectivity index (χ0) is 10.8. The van der Waals surface area contributed by atoms with E-state index < -0.39 is 5.97 Å². The van der Waals surface area contributed by atoms with Gasteiger partial charge in [-0.15, -0.1) is 0 Å². The molecule has 0 aliphatic carbocycles. The van der Waals surface area contributed by atoms with Crippen LogP contribution >= 0.6 is 0 Å². The number of hydrogen-bond acceptors (Lipinski definition) is 3. The van der Waals surface area contributed by atoms with Gasteiger partial charge in [0.2, 0.25) is 5.91 Å². The van der Waals surface area contributed by atoms with Gasteiger partial charge in [-0.1, -0.05) is 19.8 Å².